The van der Waals surface area contributed by atoms with Gasteiger partial charge in [-0.15, -0.1) is 0 Å². The van der Waals surface area contributed by atoms with Gasteiger partial charge in [-0.2, -0.15) is 0 Å². The quantitative estimate of drug-likeness (QED) is 0.675. The van der Waals surface area contributed by atoms with E-state index >= 15 is 0 Å². The van der Waals surface area contributed by atoms with Crippen molar-refractivity contribution in [2.75, 3.05) is 17.1 Å². The standard InChI is InChI=1S/C11H16N2O6S2/c1-2-19-11(14)7-8-20(15,16)13-9-3-5-10(6-4-9)21(12,17)18/h3-6,13H,2,7-8H2,1H3,(H2,12,17,18). The maximum Gasteiger partial charge on any atom is 0.306 e. The number of carbonyl (C=O) groups is 1. The molecule has 0 amide bonds. The number of hydrogen-bond donors (Lipinski definition) is 2. The average Bonchev–Trinajstić information content (AvgIpc) is 2.36. The maximum atomic E-state index is 11.7. The smallest absolute Gasteiger partial charge is 0.306 e. The summed E-state index contributed by atoms with van der Waals surface area (Å²) in [6.45, 7) is 1.80. The number of carbonyl (C=O) groups excluding carboxylic acids is 1. The zero-order valence-corrected chi connectivity index (χ0v) is 12.9. The Morgan fingerprint density at radius 2 is 1.76 bits per heavy atom. The first-order valence-corrected chi connectivity index (χ1v) is 9.13. The molecule has 3 N–H and O–H groups in total. The molecule has 0 saturated heterocycles. The van der Waals surface area contributed by atoms with E-state index < -0.39 is 31.8 Å². The summed E-state index contributed by atoms with van der Waals surface area (Å²) in [5.41, 5.74) is 0.172. The summed E-state index contributed by atoms with van der Waals surface area (Å²) >= 11 is 0. The molecule has 0 aromatic heterocycles. The van der Waals surface area contributed by atoms with E-state index in [4.69, 9.17) is 5.14 Å². The molecule has 0 unspecified atom stereocenters. The summed E-state index contributed by atoms with van der Waals surface area (Å²) in [6.07, 6.45) is -0.265. The third-order valence-corrected chi connectivity index (χ3v) is 4.55. The van der Waals surface area contributed by atoms with Crippen LogP contribution >= 0.6 is 0 Å². The SMILES string of the molecule is CCOC(=O)CCS(=O)(=O)Nc1ccc(S(N)(=O)=O)cc1. The zero-order chi connectivity index (χ0) is 16.1. The first kappa shape index (κ1) is 17.4. The summed E-state index contributed by atoms with van der Waals surface area (Å²) in [5.74, 6) is -1.03. The predicted octanol–water partition coefficient (Wildman–Crippen LogP) is 0.0289. The molecule has 0 aliphatic rings. The summed E-state index contributed by atoms with van der Waals surface area (Å²) in [5, 5.41) is 4.93. The van der Waals surface area contributed by atoms with Crippen LogP contribution in [-0.4, -0.2) is 35.2 Å². The van der Waals surface area contributed by atoms with Crippen LogP contribution in [0.2, 0.25) is 0 Å². The summed E-state index contributed by atoms with van der Waals surface area (Å²) < 4.78 is 52.4. The van der Waals surface area contributed by atoms with Crippen LogP contribution in [-0.2, 0) is 29.6 Å². The Morgan fingerprint density at radius 3 is 2.24 bits per heavy atom. The van der Waals surface area contributed by atoms with Gasteiger partial charge >= 0.3 is 5.97 Å². The van der Waals surface area contributed by atoms with E-state index in [-0.39, 0.29) is 23.6 Å². The minimum absolute atomic E-state index is 0.128. The van der Waals surface area contributed by atoms with Crippen molar-refractivity contribution in [3.05, 3.63) is 24.3 Å². The van der Waals surface area contributed by atoms with Gasteiger partial charge in [-0.25, -0.2) is 22.0 Å². The predicted molar refractivity (Wildman–Crippen MR) is 76.5 cm³/mol. The lowest BCUT2D eigenvalue weighted by molar-refractivity contribution is -0.142. The fourth-order valence-electron chi connectivity index (χ4n) is 1.39. The average molecular weight is 336 g/mol. The first-order valence-electron chi connectivity index (χ1n) is 5.93. The van der Waals surface area contributed by atoms with Crippen LogP contribution in [0.1, 0.15) is 13.3 Å². The number of hydrogen-bond acceptors (Lipinski definition) is 6. The number of primary sulfonamides is 1. The van der Waals surface area contributed by atoms with Crippen LogP contribution in [0.25, 0.3) is 0 Å². The number of sulfonamides is 2. The van der Waals surface area contributed by atoms with Gasteiger partial charge in [-0.1, -0.05) is 0 Å². The van der Waals surface area contributed by atoms with Crippen molar-refractivity contribution in [1.82, 2.24) is 0 Å². The summed E-state index contributed by atoms with van der Waals surface area (Å²) in [7, 11) is -7.56. The summed E-state index contributed by atoms with van der Waals surface area (Å²) in [6, 6.07) is 4.89. The van der Waals surface area contributed by atoms with Crippen LogP contribution in [0.3, 0.4) is 0 Å². The fraction of sp³-hybridized carbons (Fsp3) is 0.364. The van der Waals surface area contributed by atoms with Crippen LogP contribution in [0.15, 0.2) is 29.2 Å². The second kappa shape index (κ2) is 6.87. The third-order valence-electron chi connectivity index (χ3n) is 2.34. The van der Waals surface area contributed by atoms with Crippen molar-refractivity contribution in [3.8, 4) is 0 Å². The molecule has 8 nitrogen and oxygen atoms in total. The zero-order valence-electron chi connectivity index (χ0n) is 11.3. The van der Waals surface area contributed by atoms with Crippen LogP contribution in [0.4, 0.5) is 5.69 Å². The Labute approximate surface area is 123 Å². The maximum absolute atomic E-state index is 11.7. The van der Waals surface area contributed by atoms with Gasteiger partial charge in [0.2, 0.25) is 20.0 Å². The van der Waals surface area contributed by atoms with E-state index in [2.05, 4.69) is 9.46 Å². The lowest BCUT2D eigenvalue weighted by Gasteiger charge is -2.08. The highest BCUT2D eigenvalue weighted by Gasteiger charge is 2.14. The highest BCUT2D eigenvalue weighted by Crippen LogP contribution is 2.14. The van der Waals surface area contributed by atoms with Crippen molar-refractivity contribution in [3.63, 3.8) is 0 Å². The Bertz CT molecular complexity index is 695. The molecule has 118 valence electrons. The van der Waals surface area contributed by atoms with Gasteiger partial charge in [0, 0.05) is 5.69 Å². The third kappa shape index (κ3) is 6.10. The number of nitrogens with one attached hydrogen (secondary N) is 1. The molecule has 0 saturated carbocycles. The molecule has 0 fully saturated rings. The second-order valence-corrected chi connectivity index (χ2v) is 7.45. The first-order chi connectivity index (χ1) is 9.64. The van der Waals surface area contributed by atoms with Crippen molar-refractivity contribution in [1.29, 1.82) is 0 Å². The highest BCUT2D eigenvalue weighted by atomic mass is 32.2. The van der Waals surface area contributed by atoms with E-state index in [1.165, 1.54) is 24.3 Å². The van der Waals surface area contributed by atoms with Crippen molar-refractivity contribution in [2.24, 2.45) is 5.14 Å². The molecule has 1 aromatic rings. The van der Waals surface area contributed by atoms with Crippen molar-refractivity contribution in [2.45, 2.75) is 18.2 Å². The van der Waals surface area contributed by atoms with E-state index in [1.807, 2.05) is 0 Å². The van der Waals surface area contributed by atoms with Crippen LogP contribution in [0.5, 0.6) is 0 Å². The fourth-order valence-corrected chi connectivity index (χ4v) is 2.94. The number of anilines is 1. The number of nitrogens with two attached hydrogens (primary N) is 1. The van der Waals surface area contributed by atoms with Crippen molar-refractivity contribution < 1.29 is 26.4 Å². The van der Waals surface area contributed by atoms with Gasteiger partial charge < -0.3 is 4.74 Å². The van der Waals surface area contributed by atoms with Crippen LogP contribution in [0, 0.1) is 0 Å². The highest BCUT2D eigenvalue weighted by molar-refractivity contribution is 7.92. The van der Waals surface area contributed by atoms with E-state index in [0.29, 0.717) is 0 Å². The number of rotatable bonds is 7. The molecule has 0 atom stereocenters. The lowest BCUT2D eigenvalue weighted by atomic mass is 10.3. The Hall–Kier alpha value is -1.65. The molecule has 0 bridgehead atoms. The molecule has 1 aromatic carbocycles. The molecule has 21 heavy (non-hydrogen) atoms. The molecule has 0 heterocycles. The molecule has 0 aliphatic carbocycles. The summed E-state index contributed by atoms with van der Waals surface area (Å²) in [4.78, 5) is 11.0. The largest absolute Gasteiger partial charge is 0.466 e. The molecule has 1 rings (SSSR count). The van der Waals surface area contributed by atoms with Gasteiger partial charge in [0.05, 0.1) is 23.7 Å². The molecular formula is C11H16N2O6S2. The number of ether oxygens (including phenoxy) is 1. The topological polar surface area (TPSA) is 133 Å². The Kier molecular flexibility index (Phi) is 5.70. The van der Waals surface area contributed by atoms with Gasteiger partial charge in [-0.3, -0.25) is 9.52 Å². The second-order valence-electron chi connectivity index (χ2n) is 4.05. The number of benzene rings is 1. The van der Waals surface area contributed by atoms with Gasteiger partial charge in [0.1, 0.15) is 0 Å². The molecule has 0 aliphatic heterocycles. The van der Waals surface area contributed by atoms with Gasteiger partial charge in [0.25, 0.3) is 0 Å². The van der Waals surface area contributed by atoms with E-state index in [1.54, 1.807) is 6.92 Å². The monoisotopic (exact) mass is 336 g/mol. The van der Waals surface area contributed by atoms with Gasteiger partial charge in [-0.05, 0) is 31.2 Å². The van der Waals surface area contributed by atoms with Gasteiger partial charge in [0.15, 0.2) is 0 Å². The minimum Gasteiger partial charge on any atom is -0.466 e. The lowest BCUT2D eigenvalue weighted by Crippen LogP contribution is -2.20. The van der Waals surface area contributed by atoms with E-state index in [0.717, 1.165) is 0 Å². The number of esters is 1. The molecular weight excluding hydrogens is 320 g/mol. The minimum atomic E-state index is -3.83. The molecule has 0 spiro atoms. The molecule has 10 heteroatoms. The van der Waals surface area contributed by atoms with Crippen molar-refractivity contribution >= 4 is 31.7 Å². The van der Waals surface area contributed by atoms with Crippen LogP contribution < -0.4 is 9.86 Å². The Morgan fingerprint density at radius 1 is 1.19 bits per heavy atom. The van der Waals surface area contributed by atoms with E-state index in [9.17, 15) is 21.6 Å². The Balaban J connectivity index is 2.69. The molecule has 0 radical (unpaired) electrons. The normalized spacial score (nSPS) is 11.9.